The minimum atomic E-state index is -3.56. The van der Waals surface area contributed by atoms with Crippen molar-refractivity contribution in [2.24, 2.45) is 0 Å². The maximum absolute atomic E-state index is 15.6. The van der Waals surface area contributed by atoms with E-state index in [0.717, 1.165) is 5.56 Å². The van der Waals surface area contributed by atoms with Gasteiger partial charge in [-0.1, -0.05) is 91.0 Å². The molecule has 0 aliphatic carbocycles. The predicted molar refractivity (Wildman–Crippen MR) is 231 cm³/mol. The number of aromatic carboxylic acids is 2. The SMILES string of the molecule is CNC(=O)c1cc(-c2ccc(C(=O)O)c(C(=O)Nc3cccc(Oc4cc(Oc5cccc(C)c5)ccc4P(=O)(c4ccccc4)c4ccccc4)c3)c2)ccc1C(=O)O. The van der Waals surface area contributed by atoms with Gasteiger partial charge in [-0.15, -0.1) is 0 Å². The largest absolute Gasteiger partial charge is 0.478 e. The smallest absolute Gasteiger partial charge is 0.336 e. The first-order valence-corrected chi connectivity index (χ1v) is 20.3. The van der Waals surface area contributed by atoms with Crippen LogP contribution < -0.4 is 36.0 Å². The molecule has 0 aromatic heterocycles. The molecule has 0 saturated heterocycles. The fraction of sp³-hybridized carbons (Fsp3) is 0.0417. The van der Waals surface area contributed by atoms with Crippen molar-refractivity contribution in [1.29, 1.82) is 0 Å². The van der Waals surface area contributed by atoms with E-state index >= 15 is 4.57 Å². The van der Waals surface area contributed by atoms with Gasteiger partial charge in [-0.25, -0.2) is 9.59 Å². The highest BCUT2D eigenvalue weighted by atomic mass is 31.2. The van der Waals surface area contributed by atoms with Crippen molar-refractivity contribution in [3.63, 3.8) is 0 Å². The fourth-order valence-electron chi connectivity index (χ4n) is 6.71. The maximum Gasteiger partial charge on any atom is 0.336 e. The highest BCUT2D eigenvalue weighted by Gasteiger charge is 2.33. The molecule has 0 aliphatic rings. The molecule has 11 nitrogen and oxygen atoms in total. The molecule has 2 amide bonds. The lowest BCUT2D eigenvalue weighted by atomic mass is 9.95. The summed E-state index contributed by atoms with van der Waals surface area (Å²) < 4.78 is 28.4. The Bertz CT molecular complexity index is 2780. The fourth-order valence-corrected chi connectivity index (χ4v) is 9.46. The Kier molecular flexibility index (Phi) is 11.7. The van der Waals surface area contributed by atoms with Gasteiger partial charge in [-0.3, -0.25) is 9.59 Å². The van der Waals surface area contributed by atoms with Gasteiger partial charge < -0.3 is 34.9 Å². The molecule has 60 heavy (non-hydrogen) atoms. The summed E-state index contributed by atoms with van der Waals surface area (Å²) in [7, 11) is -2.19. The summed E-state index contributed by atoms with van der Waals surface area (Å²) in [6, 6.07) is 45.7. The molecule has 7 rings (SSSR count). The molecule has 7 aromatic rings. The van der Waals surface area contributed by atoms with Gasteiger partial charge in [0.05, 0.1) is 27.6 Å². The second-order valence-corrected chi connectivity index (χ2v) is 16.4. The maximum atomic E-state index is 15.6. The number of amides is 2. The van der Waals surface area contributed by atoms with E-state index in [1.807, 2.05) is 91.9 Å². The third-order valence-corrected chi connectivity index (χ3v) is 12.7. The number of rotatable bonds is 13. The molecule has 7 aromatic carbocycles. The molecule has 0 fully saturated rings. The van der Waals surface area contributed by atoms with E-state index in [9.17, 15) is 29.4 Å². The van der Waals surface area contributed by atoms with Gasteiger partial charge in [0.15, 0.2) is 7.14 Å². The molecule has 0 radical (unpaired) electrons. The number of nitrogens with one attached hydrogen (secondary N) is 2. The zero-order valence-corrected chi connectivity index (χ0v) is 33.2. The molecule has 0 aliphatic heterocycles. The van der Waals surface area contributed by atoms with E-state index in [-0.39, 0.29) is 39.4 Å². The van der Waals surface area contributed by atoms with Crippen molar-refractivity contribution in [2.45, 2.75) is 6.92 Å². The molecule has 0 saturated carbocycles. The number of hydrogen-bond donors (Lipinski definition) is 4. The van der Waals surface area contributed by atoms with Crippen LogP contribution in [-0.4, -0.2) is 41.0 Å². The van der Waals surface area contributed by atoms with Crippen LogP contribution in [0.2, 0.25) is 0 Å². The Morgan fingerprint density at radius 2 is 1.05 bits per heavy atom. The number of hydrogen-bond acceptors (Lipinski definition) is 7. The van der Waals surface area contributed by atoms with Crippen molar-refractivity contribution < 1.29 is 43.4 Å². The number of anilines is 1. The third kappa shape index (κ3) is 8.57. The Hall–Kier alpha value is -7.75. The lowest BCUT2D eigenvalue weighted by Gasteiger charge is -2.23. The second kappa shape index (κ2) is 17.4. The van der Waals surface area contributed by atoms with E-state index in [4.69, 9.17) is 9.47 Å². The van der Waals surface area contributed by atoms with Crippen LogP contribution in [0, 0.1) is 6.92 Å². The van der Waals surface area contributed by atoms with Gasteiger partial charge >= 0.3 is 11.9 Å². The van der Waals surface area contributed by atoms with E-state index in [1.54, 1.807) is 42.5 Å². The van der Waals surface area contributed by atoms with Crippen LogP contribution in [0.15, 0.2) is 164 Å². The van der Waals surface area contributed by atoms with Crippen molar-refractivity contribution in [3.8, 4) is 34.1 Å². The first-order valence-electron chi connectivity index (χ1n) is 18.6. The van der Waals surface area contributed by atoms with Crippen molar-refractivity contribution >= 4 is 52.5 Å². The molecule has 4 N–H and O–H groups in total. The Balaban J connectivity index is 1.25. The predicted octanol–water partition coefficient (Wildman–Crippen LogP) is 8.89. The highest BCUT2D eigenvalue weighted by molar-refractivity contribution is 7.85. The first-order chi connectivity index (χ1) is 28.9. The third-order valence-electron chi connectivity index (χ3n) is 9.60. The Morgan fingerprint density at radius 1 is 0.517 bits per heavy atom. The van der Waals surface area contributed by atoms with Crippen molar-refractivity contribution in [3.05, 3.63) is 192 Å². The van der Waals surface area contributed by atoms with Crippen LogP contribution in [0.5, 0.6) is 23.0 Å². The molecule has 298 valence electrons. The minimum Gasteiger partial charge on any atom is -0.478 e. The number of carboxylic acid groups (broad SMARTS) is 2. The van der Waals surface area contributed by atoms with Gasteiger partial charge in [-0.05, 0) is 84.3 Å². The van der Waals surface area contributed by atoms with Gasteiger partial charge in [-0.2, -0.15) is 0 Å². The zero-order chi connectivity index (χ0) is 42.4. The average Bonchev–Trinajstić information content (AvgIpc) is 3.26. The molecule has 12 heteroatoms. The summed E-state index contributed by atoms with van der Waals surface area (Å²) in [6.07, 6.45) is 0. The normalized spacial score (nSPS) is 11.0. The van der Waals surface area contributed by atoms with E-state index in [1.165, 1.54) is 43.4 Å². The summed E-state index contributed by atoms with van der Waals surface area (Å²) in [5, 5.41) is 26.4. The monoisotopic (exact) mass is 816 g/mol. The summed E-state index contributed by atoms with van der Waals surface area (Å²) in [4.78, 5) is 50.5. The molecular weight excluding hydrogens is 780 g/mol. The highest BCUT2D eigenvalue weighted by Crippen LogP contribution is 2.47. The number of carboxylic acids is 2. The quantitative estimate of drug-likeness (QED) is 0.0831. The molecular formula is C48H37N2O9P. The minimum absolute atomic E-state index is 0.105. The molecule has 0 atom stereocenters. The van der Waals surface area contributed by atoms with Crippen LogP contribution >= 0.6 is 7.14 Å². The first kappa shape index (κ1) is 40.4. The van der Waals surface area contributed by atoms with E-state index in [2.05, 4.69) is 10.6 Å². The van der Waals surface area contributed by atoms with E-state index in [0.29, 0.717) is 38.5 Å². The topological polar surface area (TPSA) is 168 Å². The summed E-state index contributed by atoms with van der Waals surface area (Å²) >= 11 is 0. The zero-order valence-electron chi connectivity index (χ0n) is 32.3. The standard InChI is InChI=1S/C48H37N2O9P/c1-30-11-9-13-34(25-30)58-36-21-24-44(60(57,37-15-5-3-6-16-37)38-17-7-4-8-18-38)43(29-36)59-35-14-10-12-33(28-35)50-46(52)42-27-32(20-23-40(42)48(55)56)31-19-22-39(47(53)54)41(26-31)45(51)49-2/h3-29H,1-2H3,(H,49,51)(H,50,52)(H,53,54)(H,55,56). The average molecular weight is 817 g/mol. The van der Waals surface area contributed by atoms with Gasteiger partial charge in [0.2, 0.25) is 0 Å². The van der Waals surface area contributed by atoms with Crippen molar-refractivity contribution in [2.75, 3.05) is 12.4 Å². The molecule has 0 heterocycles. The lowest BCUT2D eigenvalue weighted by Crippen LogP contribution is -2.26. The number of carbonyl (C=O) groups excluding carboxylic acids is 2. The van der Waals surface area contributed by atoms with Gasteiger partial charge in [0.1, 0.15) is 23.0 Å². The summed E-state index contributed by atoms with van der Waals surface area (Å²) in [6.45, 7) is 1.96. The van der Waals surface area contributed by atoms with Crippen LogP contribution in [0.25, 0.3) is 11.1 Å². The van der Waals surface area contributed by atoms with Crippen LogP contribution in [0.4, 0.5) is 5.69 Å². The molecule has 0 unspecified atom stereocenters. The molecule has 0 bridgehead atoms. The Morgan fingerprint density at radius 3 is 1.60 bits per heavy atom. The number of carbonyl (C=O) groups is 4. The summed E-state index contributed by atoms with van der Waals surface area (Å²) in [5.41, 5.74) is 1.21. The lowest BCUT2D eigenvalue weighted by molar-refractivity contribution is 0.0683. The Labute approximate surface area is 345 Å². The van der Waals surface area contributed by atoms with Crippen LogP contribution in [0.3, 0.4) is 0 Å². The van der Waals surface area contributed by atoms with Crippen molar-refractivity contribution in [1.82, 2.24) is 5.32 Å². The van der Waals surface area contributed by atoms with Crippen LogP contribution in [0.1, 0.15) is 47.0 Å². The number of ether oxygens (including phenoxy) is 2. The van der Waals surface area contributed by atoms with E-state index < -0.39 is 30.9 Å². The number of aryl methyl sites for hydroxylation is 1. The second-order valence-electron chi connectivity index (χ2n) is 13.6. The van der Waals surface area contributed by atoms with Gasteiger partial charge in [0.25, 0.3) is 11.8 Å². The summed E-state index contributed by atoms with van der Waals surface area (Å²) in [5.74, 6) is -2.50. The number of benzene rings is 7. The molecule has 0 spiro atoms. The van der Waals surface area contributed by atoms with Crippen LogP contribution in [-0.2, 0) is 4.57 Å². The van der Waals surface area contributed by atoms with Gasteiger partial charge in [0, 0.05) is 35.5 Å².